The van der Waals surface area contributed by atoms with Crippen molar-refractivity contribution >= 4 is 21.6 Å². The highest BCUT2D eigenvalue weighted by Gasteiger charge is 2.10. The Hall–Kier alpha value is -2.29. The van der Waals surface area contributed by atoms with E-state index in [4.69, 9.17) is 5.14 Å². The van der Waals surface area contributed by atoms with Gasteiger partial charge in [-0.2, -0.15) is 0 Å². The van der Waals surface area contributed by atoms with Gasteiger partial charge in [-0.05, 0) is 42.9 Å². The average Bonchev–Trinajstić information content (AvgIpc) is 2.55. The number of rotatable bonds is 7. The summed E-state index contributed by atoms with van der Waals surface area (Å²) in [6.07, 6.45) is 0.233. The number of nitrogens with two attached hydrogens (primary N) is 1. The van der Waals surface area contributed by atoms with Crippen LogP contribution in [-0.4, -0.2) is 32.8 Å². The molecule has 0 radical (unpaired) electrons. The van der Waals surface area contributed by atoms with Crippen molar-refractivity contribution in [2.75, 3.05) is 18.9 Å². The van der Waals surface area contributed by atoms with Gasteiger partial charge in [-0.15, -0.1) is 0 Å². The number of anilines is 1. The fraction of sp³-hybridized carbons (Fsp3) is 0.235. The number of halogens is 1. The monoisotopic (exact) mass is 365 g/mol. The van der Waals surface area contributed by atoms with E-state index >= 15 is 0 Å². The van der Waals surface area contributed by atoms with Gasteiger partial charge in [0.1, 0.15) is 5.82 Å². The molecule has 0 aliphatic heterocycles. The van der Waals surface area contributed by atoms with Gasteiger partial charge in [-0.25, -0.2) is 17.9 Å². The molecule has 1 amide bonds. The smallest absolute Gasteiger partial charge is 0.238 e. The molecule has 2 rings (SSSR count). The molecule has 0 saturated heterocycles. The van der Waals surface area contributed by atoms with E-state index in [1.54, 1.807) is 18.2 Å². The minimum Gasteiger partial charge on any atom is -0.326 e. The molecule has 0 aliphatic rings. The van der Waals surface area contributed by atoms with Gasteiger partial charge in [0, 0.05) is 25.2 Å². The number of nitrogens with one attached hydrogen (secondary N) is 1. The van der Waals surface area contributed by atoms with E-state index < -0.39 is 10.0 Å². The Labute approximate surface area is 146 Å². The standard InChI is InChI=1S/C17H20FN3O3S/c1-21(12-13-5-7-14(18)8-6-13)10-9-17(22)20-15-3-2-4-16(11-15)25(19,23)24/h2-8,11H,9-10,12H2,1H3,(H,20,22)(H2,19,23,24). The molecule has 0 heterocycles. The predicted molar refractivity (Wildman–Crippen MR) is 93.8 cm³/mol. The zero-order valence-corrected chi connectivity index (χ0v) is 14.6. The maximum atomic E-state index is 12.9. The first-order valence-electron chi connectivity index (χ1n) is 7.60. The average molecular weight is 365 g/mol. The number of primary sulfonamides is 1. The summed E-state index contributed by atoms with van der Waals surface area (Å²) in [6, 6.07) is 12.0. The number of sulfonamides is 1. The van der Waals surface area contributed by atoms with Crippen LogP contribution in [0.3, 0.4) is 0 Å². The highest BCUT2D eigenvalue weighted by Crippen LogP contribution is 2.14. The number of carbonyl (C=O) groups excluding carboxylic acids is 1. The van der Waals surface area contributed by atoms with Crippen LogP contribution in [0.1, 0.15) is 12.0 Å². The summed E-state index contributed by atoms with van der Waals surface area (Å²) < 4.78 is 35.5. The molecular weight excluding hydrogens is 345 g/mol. The van der Waals surface area contributed by atoms with Crippen molar-refractivity contribution in [1.29, 1.82) is 0 Å². The van der Waals surface area contributed by atoms with Crippen molar-refractivity contribution in [2.45, 2.75) is 17.9 Å². The molecule has 0 saturated carbocycles. The van der Waals surface area contributed by atoms with E-state index in [0.717, 1.165) is 5.56 Å². The van der Waals surface area contributed by atoms with Crippen LogP contribution in [0.25, 0.3) is 0 Å². The SMILES string of the molecule is CN(CCC(=O)Nc1cccc(S(N)(=O)=O)c1)Cc1ccc(F)cc1. The molecule has 8 heteroatoms. The van der Waals surface area contributed by atoms with Gasteiger partial charge in [0.15, 0.2) is 0 Å². The van der Waals surface area contributed by atoms with E-state index in [1.165, 1.54) is 30.3 Å². The normalized spacial score (nSPS) is 11.5. The van der Waals surface area contributed by atoms with Gasteiger partial charge in [-0.1, -0.05) is 18.2 Å². The fourth-order valence-corrected chi connectivity index (χ4v) is 2.81. The van der Waals surface area contributed by atoms with Gasteiger partial charge in [0.25, 0.3) is 0 Å². The molecule has 2 aromatic carbocycles. The van der Waals surface area contributed by atoms with Gasteiger partial charge < -0.3 is 10.2 Å². The Bertz CT molecular complexity index is 838. The van der Waals surface area contributed by atoms with E-state index in [1.807, 2.05) is 11.9 Å². The quantitative estimate of drug-likeness (QED) is 0.784. The minimum absolute atomic E-state index is 0.0567. The lowest BCUT2D eigenvalue weighted by molar-refractivity contribution is -0.116. The second-order valence-electron chi connectivity index (χ2n) is 5.74. The molecule has 2 aromatic rings. The van der Waals surface area contributed by atoms with E-state index in [2.05, 4.69) is 5.32 Å². The van der Waals surface area contributed by atoms with Crippen LogP contribution < -0.4 is 10.5 Å². The van der Waals surface area contributed by atoms with E-state index in [0.29, 0.717) is 18.8 Å². The van der Waals surface area contributed by atoms with E-state index in [-0.39, 0.29) is 23.0 Å². The lowest BCUT2D eigenvalue weighted by Gasteiger charge is -2.16. The number of benzene rings is 2. The van der Waals surface area contributed by atoms with Crippen molar-refractivity contribution in [3.63, 3.8) is 0 Å². The lowest BCUT2D eigenvalue weighted by atomic mass is 10.2. The first-order valence-corrected chi connectivity index (χ1v) is 9.14. The molecule has 25 heavy (non-hydrogen) atoms. The number of carbonyl (C=O) groups is 1. The first-order chi connectivity index (χ1) is 11.7. The Balaban J connectivity index is 1.85. The summed E-state index contributed by atoms with van der Waals surface area (Å²) in [5, 5.41) is 7.71. The molecule has 0 spiro atoms. The summed E-state index contributed by atoms with van der Waals surface area (Å²) in [5.74, 6) is -0.523. The van der Waals surface area contributed by atoms with Crippen LogP contribution in [0.2, 0.25) is 0 Å². The minimum atomic E-state index is -3.81. The van der Waals surface area contributed by atoms with Crippen LogP contribution in [0, 0.1) is 5.82 Å². The summed E-state index contributed by atoms with van der Waals surface area (Å²) in [5.41, 5.74) is 1.32. The Morgan fingerprint density at radius 1 is 1.20 bits per heavy atom. The number of amides is 1. The van der Waals surface area contributed by atoms with Crippen molar-refractivity contribution in [1.82, 2.24) is 4.90 Å². The van der Waals surface area contributed by atoms with Crippen molar-refractivity contribution in [3.8, 4) is 0 Å². The van der Waals surface area contributed by atoms with Crippen LogP contribution in [0.4, 0.5) is 10.1 Å². The van der Waals surface area contributed by atoms with Crippen molar-refractivity contribution in [3.05, 3.63) is 59.9 Å². The van der Waals surface area contributed by atoms with Crippen molar-refractivity contribution in [2.24, 2.45) is 5.14 Å². The molecule has 0 unspecified atom stereocenters. The topological polar surface area (TPSA) is 92.5 Å². The Kier molecular flexibility index (Phi) is 6.24. The van der Waals surface area contributed by atoms with Crippen molar-refractivity contribution < 1.29 is 17.6 Å². The van der Waals surface area contributed by atoms with Gasteiger partial charge in [0.05, 0.1) is 4.90 Å². The zero-order valence-electron chi connectivity index (χ0n) is 13.8. The van der Waals surface area contributed by atoms with Crippen LogP contribution in [-0.2, 0) is 21.4 Å². The highest BCUT2D eigenvalue weighted by molar-refractivity contribution is 7.89. The maximum absolute atomic E-state index is 12.9. The molecule has 0 bridgehead atoms. The molecule has 6 nitrogen and oxygen atoms in total. The second kappa shape index (κ2) is 8.19. The summed E-state index contributed by atoms with van der Waals surface area (Å²) in [6.45, 7) is 1.09. The summed E-state index contributed by atoms with van der Waals surface area (Å²) in [4.78, 5) is 13.9. The van der Waals surface area contributed by atoms with Gasteiger partial charge in [-0.3, -0.25) is 4.79 Å². The van der Waals surface area contributed by atoms with Crippen LogP contribution >= 0.6 is 0 Å². The first kappa shape index (κ1) is 19.0. The Morgan fingerprint density at radius 3 is 2.52 bits per heavy atom. The number of nitrogens with zero attached hydrogens (tertiary/aromatic N) is 1. The Morgan fingerprint density at radius 2 is 1.88 bits per heavy atom. The summed E-state index contributed by atoms with van der Waals surface area (Å²) in [7, 11) is -1.95. The van der Waals surface area contributed by atoms with Gasteiger partial charge >= 0.3 is 0 Å². The third-order valence-corrected chi connectivity index (χ3v) is 4.44. The lowest BCUT2D eigenvalue weighted by Crippen LogP contribution is -2.24. The number of hydrogen-bond acceptors (Lipinski definition) is 4. The van der Waals surface area contributed by atoms with Crippen LogP contribution in [0.5, 0.6) is 0 Å². The number of hydrogen-bond donors (Lipinski definition) is 2. The second-order valence-corrected chi connectivity index (χ2v) is 7.30. The highest BCUT2D eigenvalue weighted by atomic mass is 32.2. The fourth-order valence-electron chi connectivity index (χ4n) is 2.25. The maximum Gasteiger partial charge on any atom is 0.238 e. The molecule has 3 N–H and O–H groups in total. The largest absolute Gasteiger partial charge is 0.326 e. The van der Waals surface area contributed by atoms with Crippen LogP contribution in [0.15, 0.2) is 53.4 Å². The summed E-state index contributed by atoms with van der Waals surface area (Å²) >= 11 is 0. The molecule has 0 atom stereocenters. The third kappa shape index (κ3) is 6.26. The molecule has 134 valence electrons. The molecule has 0 fully saturated rings. The zero-order chi connectivity index (χ0) is 18.4. The molecule has 0 aromatic heterocycles. The molecular formula is C17H20FN3O3S. The predicted octanol–water partition coefficient (Wildman–Crippen LogP) is 1.93. The van der Waals surface area contributed by atoms with E-state index in [9.17, 15) is 17.6 Å². The van der Waals surface area contributed by atoms with Gasteiger partial charge in [0.2, 0.25) is 15.9 Å². The third-order valence-electron chi connectivity index (χ3n) is 3.53. The molecule has 0 aliphatic carbocycles.